The molecule has 0 saturated heterocycles. The lowest BCUT2D eigenvalue weighted by molar-refractivity contribution is 0.387. The fraction of sp³-hybridized carbons (Fsp3) is 0.667. The van der Waals surface area contributed by atoms with E-state index in [1.54, 1.807) is 6.07 Å². The van der Waals surface area contributed by atoms with Crippen molar-refractivity contribution in [2.45, 2.75) is 42.2 Å². The van der Waals surface area contributed by atoms with Gasteiger partial charge in [0.05, 0.1) is 6.54 Å². The van der Waals surface area contributed by atoms with E-state index in [1.807, 2.05) is 11.8 Å². The molecule has 0 amide bonds. The Morgan fingerprint density at radius 3 is 2.84 bits per heavy atom. The van der Waals surface area contributed by atoms with Gasteiger partial charge in [0, 0.05) is 11.3 Å². The zero-order valence-corrected chi connectivity index (χ0v) is 12.8. The highest BCUT2D eigenvalue weighted by molar-refractivity contribution is 7.99. The molecule has 1 aromatic heterocycles. The Bertz CT molecular complexity index is 513. The second-order valence-corrected chi connectivity index (χ2v) is 7.63. The average molecular weight is 304 g/mol. The van der Waals surface area contributed by atoms with Gasteiger partial charge in [-0.1, -0.05) is 0 Å². The second-order valence-electron chi connectivity index (χ2n) is 4.68. The lowest BCUT2D eigenvalue weighted by atomic mass is 10.2. The second kappa shape index (κ2) is 6.30. The SMILES string of the molecule is CNS(=O)(=O)c1ccc(CNC2CCC(SC)C2)o1. The van der Waals surface area contributed by atoms with Crippen LogP contribution in [0, 0.1) is 0 Å². The van der Waals surface area contributed by atoms with Crippen molar-refractivity contribution in [2.75, 3.05) is 13.3 Å². The number of hydrogen-bond donors (Lipinski definition) is 2. The lowest BCUT2D eigenvalue weighted by Gasteiger charge is -2.11. The van der Waals surface area contributed by atoms with Crippen molar-refractivity contribution in [1.29, 1.82) is 0 Å². The van der Waals surface area contributed by atoms with Gasteiger partial charge in [-0.2, -0.15) is 11.8 Å². The van der Waals surface area contributed by atoms with Crippen molar-refractivity contribution in [2.24, 2.45) is 0 Å². The first-order chi connectivity index (χ1) is 9.05. The molecule has 0 aromatic carbocycles. The van der Waals surface area contributed by atoms with Gasteiger partial charge in [0.2, 0.25) is 5.09 Å². The Morgan fingerprint density at radius 1 is 1.42 bits per heavy atom. The summed E-state index contributed by atoms with van der Waals surface area (Å²) in [6, 6.07) is 3.70. The third kappa shape index (κ3) is 3.75. The molecule has 19 heavy (non-hydrogen) atoms. The minimum atomic E-state index is -3.48. The van der Waals surface area contributed by atoms with Crippen molar-refractivity contribution in [3.63, 3.8) is 0 Å². The van der Waals surface area contributed by atoms with E-state index in [-0.39, 0.29) is 5.09 Å². The number of furan rings is 1. The summed E-state index contributed by atoms with van der Waals surface area (Å²) in [4.78, 5) is 0. The van der Waals surface area contributed by atoms with Gasteiger partial charge >= 0.3 is 0 Å². The van der Waals surface area contributed by atoms with Crippen LogP contribution in [0.1, 0.15) is 25.0 Å². The van der Waals surface area contributed by atoms with Crippen LogP contribution in [0.2, 0.25) is 0 Å². The van der Waals surface area contributed by atoms with Crippen LogP contribution < -0.4 is 10.0 Å². The summed E-state index contributed by atoms with van der Waals surface area (Å²) in [5.41, 5.74) is 0. The number of thioether (sulfide) groups is 1. The molecule has 2 rings (SSSR count). The predicted octanol–water partition coefficient (Wildman–Crippen LogP) is 1.56. The van der Waals surface area contributed by atoms with Crippen molar-refractivity contribution >= 4 is 21.8 Å². The summed E-state index contributed by atoms with van der Waals surface area (Å²) in [5, 5.41) is 4.14. The van der Waals surface area contributed by atoms with Crippen LogP contribution in [-0.2, 0) is 16.6 Å². The van der Waals surface area contributed by atoms with Gasteiger partial charge in [0.25, 0.3) is 10.0 Å². The minimum absolute atomic E-state index is 0.0276. The van der Waals surface area contributed by atoms with Gasteiger partial charge in [0.1, 0.15) is 5.76 Å². The van der Waals surface area contributed by atoms with Crippen molar-refractivity contribution in [3.8, 4) is 0 Å². The van der Waals surface area contributed by atoms with Crippen molar-refractivity contribution in [3.05, 3.63) is 17.9 Å². The Labute approximate surface area is 118 Å². The highest BCUT2D eigenvalue weighted by atomic mass is 32.2. The first-order valence-corrected chi connectivity index (χ1v) is 9.10. The van der Waals surface area contributed by atoms with Crippen LogP contribution in [0.5, 0.6) is 0 Å². The van der Waals surface area contributed by atoms with Gasteiger partial charge in [-0.05, 0) is 44.7 Å². The molecular weight excluding hydrogens is 284 g/mol. The fourth-order valence-electron chi connectivity index (χ4n) is 2.28. The molecule has 1 aromatic rings. The smallest absolute Gasteiger partial charge is 0.273 e. The quantitative estimate of drug-likeness (QED) is 0.834. The summed E-state index contributed by atoms with van der Waals surface area (Å²) >= 11 is 1.92. The molecule has 0 radical (unpaired) electrons. The van der Waals surface area contributed by atoms with E-state index in [9.17, 15) is 8.42 Å². The number of nitrogens with one attached hydrogen (secondary N) is 2. The summed E-state index contributed by atoms with van der Waals surface area (Å²) in [6.45, 7) is 0.574. The van der Waals surface area contributed by atoms with Crippen molar-refractivity contribution < 1.29 is 12.8 Å². The summed E-state index contributed by atoms with van der Waals surface area (Å²) in [5.74, 6) is 0.654. The molecule has 1 aliphatic rings. The normalized spacial score (nSPS) is 23.9. The number of sulfonamides is 1. The molecule has 2 atom stereocenters. The summed E-state index contributed by atoms with van der Waals surface area (Å²) < 4.78 is 30.6. The zero-order chi connectivity index (χ0) is 13.9. The van der Waals surface area contributed by atoms with E-state index in [1.165, 1.54) is 32.4 Å². The van der Waals surface area contributed by atoms with Gasteiger partial charge in [-0.25, -0.2) is 13.1 Å². The van der Waals surface area contributed by atoms with Crippen LogP contribution in [0.3, 0.4) is 0 Å². The van der Waals surface area contributed by atoms with E-state index < -0.39 is 10.0 Å². The van der Waals surface area contributed by atoms with Gasteiger partial charge in [-0.3, -0.25) is 0 Å². The largest absolute Gasteiger partial charge is 0.447 e. The van der Waals surface area contributed by atoms with E-state index >= 15 is 0 Å². The maximum absolute atomic E-state index is 11.5. The van der Waals surface area contributed by atoms with E-state index in [0.717, 1.165) is 5.25 Å². The maximum atomic E-state index is 11.5. The molecule has 2 N–H and O–H groups in total. The summed E-state index contributed by atoms with van der Waals surface area (Å²) in [6.07, 6.45) is 5.74. The Morgan fingerprint density at radius 2 is 2.21 bits per heavy atom. The van der Waals surface area contributed by atoms with Gasteiger partial charge in [0.15, 0.2) is 0 Å². The molecule has 7 heteroatoms. The molecule has 1 saturated carbocycles. The molecule has 5 nitrogen and oxygen atoms in total. The van der Waals surface area contributed by atoms with Crippen LogP contribution in [-0.4, -0.2) is 33.0 Å². The molecule has 2 unspecified atom stereocenters. The van der Waals surface area contributed by atoms with Crippen LogP contribution in [0.25, 0.3) is 0 Å². The van der Waals surface area contributed by atoms with Crippen LogP contribution in [0.4, 0.5) is 0 Å². The monoisotopic (exact) mass is 304 g/mol. The molecule has 0 aliphatic heterocycles. The molecule has 1 fully saturated rings. The van der Waals surface area contributed by atoms with Crippen molar-refractivity contribution in [1.82, 2.24) is 10.0 Å². The molecule has 1 aliphatic carbocycles. The minimum Gasteiger partial charge on any atom is -0.447 e. The molecule has 1 heterocycles. The molecule has 108 valence electrons. The topological polar surface area (TPSA) is 71.3 Å². The molecular formula is C12H20N2O3S2. The first kappa shape index (κ1) is 14.9. The third-order valence-corrected chi connectivity index (χ3v) is 5.83. The van der Waals surface area contributed by atoms with Gasteiger partial charge in [-0.15, -0.1) is 0 Å². The predicted molar refractivity (Wildman–Crippen MR) is 76.7 cm³/mol. The number of hydrogen-bond acceptors (Lipinski definition) is 5. The molecule has 0 bridgehead atoms. The highest BCUT2D eigenvalue weighted by Crippen LogP contribution is 2.28. The Hall–Kier alpha value is -0.500. The van der Waals surface area contributed by atoms with Gasteiger partial charge < -0.3 is 9.73 Å². The molecule has 0 spiro atoms. The third-order valence-electron chi connectivity index (χ3n) is 3.45. The maximum Gasteiger partial charge on any atom is 0.273 e. The first-order valence-electron chi connectivity index (χ1n) is 6.33. The van der Waals surface area contributed by atoms with E-state index in [0.29, 0.717) is 18.3 Å². The van der Waals surface area contributed by atoms with E-state index in [2.05, 4.69) is 16.3 Å². The van der Waals surface area contributed by atoms with E-state index in [4.69, 9.17) is 4.42 Å². The Kier molecular flexibility index (Phi) is 4.94. The van der Waals surface area contributed by atoms with Crippen LogP contribution >= 0.6 is 11.8 Å². The fourth-order valence-corrected chi connectivity index (χ4v) is 3.74. The average Bonchev–Trinajstić information content (AvgIpc) is 3.05. The van der Waals surface area contributed by atoms with Crippen LogP contribution in [0.15, 0.2) is 21.6 Å². The summed E-state index contributed by atoms with van der Waals surface area (Å²) in [7, 11) is -2.10. The Balaban J connectivity index is 1.88. The zero-order valence-electron chi connectivity index (χ0n) is 11.2. The number of rotatable bonds is 6. The standard InChI is InChI=1S/C12H20N2O3S2/c1-13-19(15,16)12-6-4-10(17-12)8-14-9-3-5-11(7-9)18-2/h4,6,9,11,13-14H,3,5,7-8H2,1-2H3. The highest BCUT2D eigenvalue weighted by Gasteiger charge is 2.24. The lowest BCUT2D eigenvalue weighted by Crippen LogP contribution is -2.25.